The molecule has 1 heterocycles. The molecule has 0 aliphatic carbocycles. The fourth-order valence-corrected chi connectivity index (χ4v) is 1.58. The van der Waals surface area contributed by atoms with E-state index < -0.39 is 0 Å². The van der Waals surface area contributed by atoms with Crippen molar-refractivity contribution in [2.75, 3.05) is 12.3 Å². The Bertz CT molecular complexity index is 512. The number of hydrogen-bond acceptors (Lipinski definition) is 4. The number of ether oxygens (including phenoxy) is 2. The van der Waals surface area contributed by atoms with E-state index in [9.17, 15) is 0 Å². The van der Waals surface area contributed by atoms with Gasteiger partial charge in [-0.05, 0) is 24.6 Å². The van der Waals surface area contributed by atoms with Crippen molar-refractivity contribution in [3.05, 3.63) is 48.2 Å². The summed E-state index contributed by atoms with van der Waals surface area (Å²) >= 11 is 0. The van der Waals surface area contributed by atoms with Crippen molar-refractivity contribution in [1.82, 2.24) is 4.98 Å². The molecular weight excluding hydrogens is 240 g/mol. The Morgan fingerprint density at radius 1 is 1.05 bits per heavy atom. The molecule has 0 aliphatic heterocycles. The van der Waals surface area contributed by atoms with Crippen LogP contribution in [0, 0.1) is 0 Å². The van der Waals surface area contributed by atoms with Crippen LogP contribution in [0.1, 0.15) is 18.9 Å². The Kier molecular flexibility index (Phi) is 4.61. The zero-order valence-corrected chi connectivity index (χ0v) is 11.0. The van der Waals surface area contributed by atoms with Crippen molar-refractivity contribution >= 4 is 5.82 Å². The fourth-order valence-electron chi connectivity index (χ4n) is 1.58. The molecule has 4 nitrogen and oxygen atoms in total. The number of nitrogens with zero attached hydrogens (tertiary/aromatic N) is 1. The van der Waals surface area contributed by atoms with E-state index >= 15 is 0 Å². The van der Waals surface area contributed by atoms with Gasteiger partial charge in [-0.2, -0.15) is 0 Å². The van der Waals surface area contributed by atoms with Gasteiger partial charge in [-0.1, -0.05) is 25.1 Å². The summed E-state index contributed by atoms with van der Waals surface area (Å²) in [6, 6.07) is 11.3. The van der Waals surface area contributed by atoms with Gasteiger partial charge in [0.1, 0.15) is 12.4 Å². The zero-order chi connectivity index (χ0) is 13.5. The topological polar surface area (TPSA) is 57.4 Å². The third-order valence-corrected chi connectivity index (χ3v) is 2.55. The van der Waals surface area contributed by atoms with Crippen molar-refractivity contribution in [1.29, 1.82) is 0 Å². The molecule has 19 heavy (non-hydrogen) atoms. The van der Waals surface area contributed by atoms with Gasteiger partial charge in [0.2, 0.25) is 0 Å². The average molecular weight is 258 g/mol. The van der Waals surface area contributed by atoms with E-state index in [0.29, 0.717) is 19.0 Å². The maximum Gasteiger partial charge on any atom is 0.161 e. The van der Waals surface area contributed by atoms with Crippen LogP contribution in [-0.4, -0.2) is 11.6 Å². The number of anilines is 1. The highest BCUT2D eigenvalue weighted by atomic mass is 16.5. The molecule has 0 fully saturated rings. The van der Waals surface area contributed by atoms with Gasteiger partial charge in [0.05, 0.1) is 6.61 Å². The van der Waals surface area contributed by atoms with E-state index in [-0.39, 0.29) is 0 Å². The van der Waals surface area contributed by atoms with E-state index in [1.54, 1.807) is 12.3 Å². The highest BCUT2D eigenvalue weighted by Gasteiger charge is 2.04. The summed E-state index contributed by atoms with van der Waals surface area (Å²) < 4.78 is 11.4. The molecule has 1 aromatic heterocycles. The van der Waals surface area contributed by atoms with E-state index in [1.165, 1.54) is 0 Å². The van der Waals surface area contributed by atoms with Crippen LogP contribution in [0.2, 0.25) is 0 Å². The lowest BCUT2D eigenvalue weighted by molar-refractivity contribution is 0.261. The minimum Gasteiger partial charge on any atom is -0.490 e. The minimum atomic E-state index is 0.444. The van der Waals surface area contributed by atoms with Crippen LogP contribution in [0.5, 0.6) is 11.5 Å². The minimum absolute atomic E-state index is 0.444. The first-order chi connectivity index (χ1) is 9.29. The summed E-state index contributed by atoms with van der Waals surface area (Å²) in [6.07, 6.45) is 2.68. The first-order valence-electron chi connectivity index (χ1n) is 6.34. The lowest BCUT2D eigenvalue weighted by Gasteiger charge is -2.12. The summed E-state index contributed by atoms with van der Waals surface area (Å²) in [5.41, 5.74) is 6.51. The van der Waals surface area contributed by atoms with Gasteiger partial charge >= 0.3 is 0 Å². The third kappa shape index (κ3) is 3.88. The van der Waals surface area contributed by atoms with Crippen molar-refractivity contribution in [2.24, 2.45) is 0 Å². The molecule has 1 aromatic carbocycles. The maximum absolute atomic E-state index is 5.75. The number of nitrogens with two attached hydrogens (primary N) is 1. The summed E-state index contributed by atoms with van der Waals surface area (Å²) in [7, 11) is 0. The molecule has 100 valence electrons. The maximum atomic E-state index is 5.75. The Labute approximate surface area is 113 Å². The highest BCUT2D eigenvalue weighted by molar-refractivity contribution is 5.39. The second kappa shape index (κ2) is 6.64. The predicted octanol–water partition coefficient (Wildman–Crippen LogP) is 3.03. The highest BCUT2D eigenvalue weighted by Crippen LogP contribution is 2.27. The normalized spacial score (nSPS) is 10.2. The standard InChI is InChI=1S/C15H18N2O2/c1-2-9-18-13-5-3-4-6-14(13)19-11-12-7-8-15(16)17-10-12/h3-8,10H,2,9,11H2,1H3,(H2,16,17). The molecule has 0 saturated carbocycles. The molecule has 2 N–H and O–H groups in total. The smallest absolute Gasteiger partial charge is 0.161 e. The van der Waals surface area contributed by atoms with Gasteiger partial charge < -0.3 is 15.2 Å². The molecule has 0 spiro atoms. The Morgan fingerprint density at radius 2 is 1.79 bits per heavy atom. The van der Waals surface area contributed by atoms with Gasteiger partial charge in [-0.25, -0.2) is 4.98 Å². The van der Waals surface area contributed by atoms with Gasteiger partial charge in [-0.3, -0.25) is 0 Å². The van der Waals surface area contributed by atoms with Gasteiger partial charge in [0.25, 0.3) is 0 Å². The van der Waals surface area contributed by atoms with Crippen molar-refractivity contribution in [3.63, 3.8) is 0 Å². The van der Waals surface area contributed by atoms with Crippen LogP contribution in [0.3, 0.4) is 0 Å². The lowest BCUT2D eigenvalue weighted by atomic mass is 10.3. The molecule has 0 amide bonds. The summed E-state index contributed by atoms with van der Waals surface area (Å²) in [4.78, 5) is 4.03. The molecule has 0 radical (unpaired) electrons. The van der Waals surface area contributed by atoms with Crippen molar-refractivity contribution < 1.29 is 9.47 Å². The number of aromatic nitrogens is 1. The molecule has 2 rings (SSSR count). The largest absolute Gasteiger partial charge is 0.490 e. The van der Waals surface area contributed by atoms with Gasteiger partial charge in [-0.15, -0.1) is 0 Å². The summed E-state index contributed by atoms with van der Waals surface area (Å²) in [6.45, 7) is 3.20. The van der Waals surface area contributed by atoms with Crippen molar-refractivity contribution in [3.8, 4) is 11.5 Å². The number of rotatable bonds is 6. The van der Waals surface area contributed by atoms with Crippen LogP contribution >= 0.6 is 0 Å². The van der Waals surface area contributed by atoms with Crippen LogP contribution < -0.4 is 15.2 Å². The Hall–Kier alpha value is -2.23. The molecule has 0 unspecified atom stereocenters. The number of pyridine rings is 1. The molecule has 0 bridgehead atoms. The predicted molar refractivity (Wildman–Crippen MR) is 75.2 cm³/mol. The molecule has 4 heteroatoms. The van der Waals surface area contributed by atoms with Crippen LogP contribution in [0.25, 0.3) is 0 Å². The number of benzene rings is 1. The molecular formula is C15H18N2O2. The van der Waals surface area contributed by atoms with Crippen LogP contribution in [0.4, 0.5) is 5.82 Å². The SMILES string of the molecule is CCCOc1ccccc1OCc1ccc(N)nc1. The van der Waals surface area contributed by atoms with Crippen molar-refractivity contribution in [2.45, 2.75) is 20.0 Å². The first kappa shape index (κ1) is 13.2. The molecule has 0 atom stereocenters. The summed E-state index contributed by atoms with van der Waals surface area (Å²) in [5.74, 6) is 2.02. The second-order valence-electron chi connectivity index (χ2n) is 4.18. The average Bonchev–Trinajstić information content (AvgIpc) is 2.45. The van der Waals surface area contributed by atoms with E-state index in [4.69, 9.17) is 15.2 Å². The second-order valence-corrected chi connectivity index (χ2v) is 4.18. The van der Waals surface area contributed by atoms with E-state index in [2.05, 4.69) is 11.9 Å². The molecule has 2 aromatic rings. The van der Waals surface area contributed by atoms with E-state index in [0.717, 1.165) is 23.5 Å². The zero-order valence-electron chi connectivity index (χ0n) is 11.0. The first-order valence-corrected chi connectivity index (χ1v) is 6.34. The number of hydrogen-bond donors (Lipinski definition) is 1. The van der Waals surface area contributed by atoms with E-state index in [1.807, 2.05) is 30.3 Å². The number of nitrogen functional groups attached to an aromatic ring is 1. The number of para-hydroxylation sites is 2. The third-order valence-electron chi connectivity index (χ3n) is 2.55. The fraction of sp³-hybridized carbons (Fsp3) is 0.267. The Balaban J connectivity index is 2.00. The monoisotopic (exact) mass is 258 g/mol. The Morgan fingerprint density at radius 3 is 2.42 bits per heavy atom. The summed E-state index contributed by atoms with van der Waals surface area (Å²) in [5, 5.41) is 0. The van der Waals surface area contributed by atoms with Gasteiger partial charge in [0.15, 0.2) is 11.5 Å². The quantitative estimate of drug-likeness (QED) is 0.865. The molecule has 0 saturated heterocycles. The molecule has 0 aliphatic rings. The van der Waals surface area contributed by atoms with Crippen LogP contribution in [-0.2, 0) is 6.61 Å². The lowest BCUT2D eigenvalue weighted by Crippen LogP contribution is -2.01. The van der Waals surface area contributed by atoms with Crippen LogP contribution in [0.15, 0.2) is 42.6 Å². The van der Waals surface area contributed by atoms with Gasteiger partial charge in [0, 0.05) is 11.8 Å².